The summed E-state index contributed by atoms with van der Waals surface area (Å²) < 4.78 is 5.41. The van der Waals surface area contributed by atoms with Crippen molar-refractivity contribution in [3.63, 3.8) is 0 Å². The van der Waals surface area contributed by atoms with Crippen LogP contribution in [0.25, 0.3) is 0 Å². The van der Waals surface area contributed by atoms with E-state index in [-0.39, 0.29) is 12.1 Å². The second kappa shape index (κ2) is 7.40. The van der Waals surface area contributed by atoms with Crippen LogP contribution in [0, 0.1) is 0 Å². The van der Waals surface area contributed by atoms with E-state index < -0.39 is 0 Å². The molecule has 2 rings (SSSR count). The maximum Gasteiger partial charge on any atom is 0.323 e. The molecule has 0 radical (unpaired) electrons. The molecule has 1 heterocycles. The van der Waals surface area contributed by atoms with Gasteiger partial charge in [0.25, 0.3) is 0 Å². The van der Waals surface area contributed by atoms with Gasteiger partial charge in [-0.1, -0.05) is 12.8 Å². The first kappa shape index (κ1) is 15.8. The van der Waals surface area contributed by atoms with Crippen LogP contribution in [0.2, 0.25) is 0 Å². The summed E-state index contributed by atoms with van der Waals surface area (Å²) in [4.78, 5) is 14.9. The standard InChI is InChI=1S/C14H25N5O2/c1-4-15-12-16-13(18-14(17-12)21-5-2)19(3)10-8-6-7-9-11(10)20/h10-11,20H,4-9H2,1-3H3,(H,15,16,17,18). The van der Waals surface area contributed by atoms with Crippen molar-refractivity contribution in [3.8, 4) is 6.01 Å². The van der Waals surface area contributed by atoms with Crippen LogP contribution < -0.4 is 15.0 Å². The Labute approximate surface area is 125 Å². The monoisotopic (exact) mass is 295 g/mol. The highest BCUT2D eigenvalue weighted by molar-refractivity contribution is 5.39. The molecule has 0 bridgehead atoms. The second-order valence-electron chi connectivity index (χ2n) is 5.23. The fourth-order valence-electron chi connectivity index (χ4n) is 2.63. The number of likely N-dealkylation sites (N-methyl/N-ethyl adjacent to an activating group) is 1. The number of aromatic nitrogens is 3. The molecule has 21 heavy (non-hydrogen) atoms. The lowest BCUT2D eigenvalue weighted by Crippen LogP contribution is -2.44. The van der Waals surface area contributed by atoms with E-state index >= 15 is 0 Å². The zero-order valence-electron chi connectivity index (χ0n) is 13.0. The highest BCUT2D eigenvalue weighted by atomic mass is 16.5. The summed E-state index contributed by atoms with van der Waals surface area (Å²) in [6.07, 6.45) is 3.64. The van der Waals surface area contributed by atoms with Gasteiger partial charge in [0.2, 0.25) is 11.9 Å². The van der Waals surface area contributed by atoms with Crippen LogP contribution in [0.5, 0.6) is 6.01 Å². The number of rotatable bonds is 6. The first-order chi connectivity index (χ1) is 10.2. The summed E-state index contributed by atoms with van der Waals surface area (Å²) in [7, 11) is 1.92. The van der Waals surface area contributed by atoms with Gasteiger partial charge < -0.3 is 20.1 Å². The highest BCUT2D eigenvalue weighted by Gasteiger charge is 2.28. The highest BCUT2D eigenvalue weighted by Crippen LogP contribution is 2.25. The van der Waals surface area contributed by atoms with Crippen LogP contribution >= 0.6 is 0 Å². The lowest BCUT2D eigenvalue weighted by atomic mass is 9.92. The van der Waals surface area contributed by atoms with Gasteiger partial charge in [-0.3, -0.25) is 0 Å². The second-order valence-corrected chi connectivity index (χ2v) is 5.23. The van der Waals surface area contributed by atoms with Gasteiger partial charge >= 0.3 is 6.01 Å². The van der Waals surface area contributed by atoms with Gasteiger partial charge in [0.1, 0.15) is 0 Å². The molecule has 1 saturated carbocycles. The molecule has 1 aliphatic carbocycles. The van der Waals surface area contributed by atoms with E-state index in [2.05, 4.69) is 20.3 Å². The van der Waals surface area contributed by atoms with Gasteiger partial charge in [0.15, 0.2) is 0 Å². The maximum atomic E-state index is 10.2. The summed E-state index contributed by atoms with van der Waals surface area (Å²) in [5.41, 5.74) is 0. The molecule has 2 atom stereocenters. The lowest BCUT2D eigenvalue weighted by molar-refractivity contribution is 0.105. The van der Waals surface area contributed by atoms with Crippen molar-refractivity contribution in [2.45, 2.75) is 51.7 Å². The van der Waals surface area contributed by atoms with Crippen molar-refractivity contribution in [2.75, 3.05) is 30.4 Å². The number of ether oxygens (including phenoxy) is 1. The number of nitrogens with zero attached hydrogens (tertiary/aromatic N) is 4. The Morgan fingerprint density at radius 3 is 2.67 bits per heavy atom. The Morgan fingerprint density at radius 1 is 1.24 bits per heavy atom. The summed E-state index contributed by atoms with van der Waals surface area (Å²) in [6.45, 7) is 5.11. The molecule has 2 unspecified atom stereocenters. The van der Waals surface area contributed by atoms with Crippen LogP contribution in [0.3, 0.4) is 0 Å². The van der Waals surface area contributed by atoms with Gasteiger partial charge in [-0.2, -0.15) is 15.0 Å². The molecule has 1 aromatic rings. The molecule has 1 aliphatic rings. The predicted molar refractivity (Wildman–Crippen MR) is 81.8 cm³/mol. The molecular formula is C14H25N5O2. The smallest absolute Gasteiger partial charge is 0.323 e. The zero-order valence-corrected chi connectivity index (χ0v) is 13.0. The quantitative estimate of drug-likeness (QED) is 0.821. The van der Waals surface area contributed by atoms with E-state index in [1.165, 1.54) is 0 Å². The topological polar surface area (TPSA) is 83.4 Å². The average molecular weight is 295 g/mol. The number of aliphatic hydroxyl groups excluding tert-OH is 1. The van der Waals surface area contributed by atoms with E-state index in [9.17, 15) is 5.11 Å². The number of hydrogen-bond donors (Lipinski definition) is 2. The third kappa shape index (κ3) is 3.93. The third-order valence-corrected chi connectivity index (χ3v) is 3.72. The van der Waals surface area contributed by atoms with Gasteiger partial charge in [0.05, 0.1) is 18.8 Å². The molecule has 118 valence electrons. The normalized spacial score (nSPS) is 21.9. The van der Waals surface area contributed by atoms with Crippen molar-refractivity contribution in [1.82, 2.24) is 15.0 Å². The van der Waals surface area contributed by atoms with Crippen LogP contribution in [0.15, 0.2) is 0 Å². The number of aliphatic hydroxyl groups is 1. The van der Waals surface area contributed by atoms with Crippen LogP contribution in [-0.2, 0) is 0 Å². The number of anilines is 2. The van der Waals surface area contributed by atoms with Crippen LogP contribution in [0.1, 0.15) is 39.5 Å². The Bertz CT molecular complexity index is 433. The van der Waals surface area contributed by atoms with Crippen LogP contribution in [-0.4, -0.2) is 52.4 Å². The average Bonchev–Trinajstić information content (AvgIpc) is 2.47. The molecule has 0 amide bonds. The number of hydrogen-bond acceptors (Lipinski definition) is 7. The maximum absolute atomic E-state index is 10.2. The molecule has 7 heteroatoms. The van der Waals surface area contributed by atoms with E-state index in [4.69, 9.17) is 4.74 Å². The largest absolute Gasteiger partial charge is 0.464 e. The predicted octanol–water partition coefficient (Wildman–Crippen LogP) is 1.44. The van der Waals surface area contributed by atoms with E-state index in [1.54, 1.807) is 0 Å². The fourth-order valence-corrected chi connectivity index (χ4v) is 2.63. The van der Waals surface area contributed by atoms with Crippen molar-refractivity contribution in [3.05, 3.63) is 0 Å². The Morgan fingerprint density at radius 2 is 2.00 bits per heavy atom. The molecule has 2 N–H and O–H groups in total. The van der Waals surface area contributed by atoms with E-state index in [1.807, 2.05) is 25.8 Å². The Hall–Kier alpha value is -1.63. The van der Waals surface area contributed by atoms with Gasteiger partial charge in [-0.05, 0) is 26.7 Å². The Balaban J connectivity index is 2.23. The van der Waals surface area contributed by atoms with Crippen molar-refractivity contribution < 1.29 is 9.84 Å². The van der Waals surface area contributed by atoms with Crippen molar-refractivity contribution in [2.24, 2.45) is 0 Å². The molecule has 0 spiro atoms. The molecule has 0 saturated heterocycles. The number of nitrogens with one attached hydrogen (secondary N) is 1. The van der Waals surface area contributed by atoms with Gasteiger partial charge in [-0.15, -0.1) is 0 Å². The molecule has 7 nitrogen and oxygen atoms in total. The van der Waals surface area contributed by atoms with Crippen molar-refractivity contribution >= 4 is 11.9 Å². The molecular weight excluding hydrogens is 270 g/mol. The minimum atomic E-state index is -0.335. The van der Waals surface area contributed by atoms with Crippen molar-refractivity contribution in [1.29, 1.82) is 0 Å². The van der Waals surface area contributed by atoms with Crippen LogP contribution in [0.4, 0.5) is 11.9 Å². The van der Waals surface area contributed by atoms with Gasteiger partial charge in [0, 0.05) is 13.6 Å². The first-order valence-electron chi connectivity index (χ1n) is 7.69. The SMILES string of the molecule is CCNc1nc(OCC)nc(N(C)C2CCCCC2O)n1. The minimum Gasteiger partial charge on any atom is -0.464 e. The first-order valence-corrected chi connectivity index (χ1v) is 7.69. The lowest BCUT2D eigenvalue weighted by Gasteiger charge is -2.35. The van der Waals surface area contributed by atoms with Gasteiger partial charge in [-0.25, -0.2) is 0 Å². The summed E-state index contributed by atoms with van der Waals surface area (Å²) in [5.74, 6) is 1.04. The summed E-state index contributed by atoms with van der Waals surface area (Å²) in [5, 5.41) is 13.3. The molecule has 1 aromatic heterocycles. The zero-order chi connectivity index (χ0) is 15.2. The van der Waals surface area contributed by atoms with E-state index in [0.717, 1.165) is 32.2 Å². The summed E-state index contributed by atoms with van der Waals surface area (Å²) in [6, 6.07) is 0.362. The molecule has 0 aromatic carbocycles. The third-order valence-electron chi connectivity index (χ3n) is 3.72. The summed E-state index contributed by atoms with van der Waals surface area (Å²) >= 11 is 0. The molecule has 0 aliphatic heterocycles. The minimum absolute atomic E-state index is 0.0464. The fraction of sp³-hybridized carbons (Fsp3) is 0.786. The van der Waals surface area contributed by atoms with E-state index in [0.29, 0.717) is 24.5 Å². The Kier molecular flexibility index (Phi) is 5.55. The molecule has 1 fully saturated rings.